The van der Waals surface area contributed by atoms with E-state index in [1.54, 1.807) is 30.2 Å². The van der Waals surface area contributed by atoms with Gasteiger partial charge in [0.25, 0.3) is 10.1 Å². The Bertz CT molecular complexity index is 1800. The molecule has 1 unspecified atom stereocenters. The molecule has 1 aliphatic heterocycles. The summed E-state index contributed by atoms with van der Waals surface area (Å²) in [5, 5.41) is 2.80. The molecule has 0 spiro atoms. The fourth-order valence-corrected chi connectivity index (χ4v) is 4.88. The number of carbonyl (C=O) groups excluding carboxylic acids is 1. The Labute approximate surface area is 261 Å². The Balaban J connectivity index is 0.000000838. The van der Waals surface area contributed by atoms with Gasteiger partial charge in [-0.05, 0) is 86.8 Å². The molecule has 3 aromatic rings. The molecule has 0 aromatic heterocycles. The molecular weight excluding hydrogens is 627 g/mol. The number of ether oxygens (including phenoxy) is 1. The van der Waals surface area contributed by atoms with Gasteiger partial charge in [-0.25, -0.2) is 4.99 Å². The summed E-state index contributed by atoms with van der Waals surface area (Å²) in [6, 6.07) is 19.6. The van der Waals surface area contributed by atoms with Crippen LogP contribution in [0.5, 0.6) is 5.75 Å². The minimum absolute atomic E-state index is 0.110. The summed E-state index contributed by atoms with van der Waals surface area (Å²) in [6.45, 7) is 5.11. The molecule has 0 fully saturated rings. The van der Waals surface area contributed by atoms with E-state index in [0.29, 0.717) is 17.9 Å². The minimum atomic E-state index is -4.84. The van der Waals surface area contributed by atoms with E-state index in [1.807, 2.05) is 44.2 Å². The predicted octanol–water partition coefficient (Wildman–Crippen LogP) is 3.40. The van der Waals surface area contributed by atoms with E-state index in [4.69, 9.17) is 20.8 Å². The first-order valence-electron chi connectivity index (χ1n) is 13.5. The van der Waals surface area contributed by atoms with Crippen molar-refractivity contribution in [1.29, 1.82) is 0 Å². The number of rotatable bonds is 9. The van der Waals surface area contributed by atoms with Crippen molar-refractivity contribution in [2.75, 3.05) is 23.1 Å². The van der Waals surface area contributed by atoms with E-state index < -0.39 is 36.8 Å². The topological polar surface area (TPSA) is 207 Å². The molecule has 4 rings (SSSR count). The molecular formula is C29H35FN6O7S2. The molecule has 242 valence electrons. The molecule has 0 saturated carbocycles. The summed E-state index contributed by atoms with van der Waals surface area (Å²) in [5.74, 6) is -0.231. The summed E-state index contributed by atoms with van der Waals surface area (Å²) in [6.07, 6.45) is 0.342. The number of halogens is 1. The van der Waals surface area contributed by atoms with Gasteiger partial charge in [0.05, 0.1) is 23.7 Å². The third-order valence-electron chi connectivity index (χ3n) is 6.61. The lowest BCUT2D eigenvalue weighted by Crippen LogP contribution is -2.54. The van der Waals surface area contributed by atoms with Crippen molar-refractivity contribution < 1.29 is 34.8 Å². The van der Waals surface area contributed by atoms with Crippen LogP contribution < -0.4 is 26.4 Å². The van der Waals surface area contributed by atoms with E-state index in [-0.39, 0.29) is 23.6 Å². The zero-order chi connectivity index (χ0) is 33.6. The molecule has 1 aliphatic rings. The second-order valence-electron chi connectivity index (χ2n) is 10.3. The third kappa shape index (κ3) is 9.72. The maximum absolute atomic E-state index is 13.5. The van der Waals surface area contributed by atoms with Gasteiger partial charge in [0.1, 0.15) is 11.4 Å². The zero-order valence-corrected chi connectivity index (χ0v) is 26.6. The van der Waals surface area contributed by atoms with E-state index in [0.717, 1.165) is 28.9 Å². The van der Waals surface area contributed by atoms with Gasteiger partial charge in [-0.2, -0.15) is 21.8 Å². The SMILES string of the molecule is CCS(=O)(=O)O.COc1cccc(C(Cc2ccc(N3C(N)=NC(N)=NC3(C)C)cc2)C(=O)Nc2ccc(S(=O)(=O)F)cc2)c1. The number of methoxy groups -OCH3 is 1. The number of nitrogens with zero attached hydrogens (tertiary/aromatic N) is 3. The van der Waals surface area contributed by atoms with Crippen LogP contribution in [-0.2, 0) is 31.6 Å². The van der Waals surface area contributed by atoms with Crippen LogP contribution in [0.1, 0.15) is 37.8 Å². The number of nitrogens with two attached hydrogens (primary N) is 2. The van der Waals surface area contributed by atoms with Gasteiger partial charge in [0.2, 0.25) is 17.8 Å². The Morgan fingerprint density at radius 1 is 1.04 bits per heavy atom. The van der Waals surface area contributed by atoms with E-state index >= 15 is 0 Å². The second kappa shape index (κ2) is 14.0. The monoisotopic (exact) mass is 662 g/mol. The summed E-state index contributed by atoms with van der Waals surface area (Å²) in [4.78, 5) is 23.2. The molecule has 0 aliphatic carbocycles. The molecule has 16 heteroatoms. The minimum Gasteiger partial charge on any atom is -0.497 e. The lowest BCUT2D eigenvalue weighted by molar-refractivity contribution is -0.117. The molecule has 0 saturated heterocycles. The highest BCUT2D eigenvalue weighted by Crippen LogP contribution is 2.30. The van der Waals surface area contributed by atoms with Gasteiger partial charge in [-0.3, -0.25) is 14.2 Å². The summed E-state index contributed by atoms with van der Waals surface area (Å²) < 4.78 is 67.8. The van der Waals surface area contributed by atoms with E-state index in [9.17, 15) is 25.5 Å². The third-order valence-corrected chi connectivity index (χ3v) is 8.17. The van der Waals surface area contributed by atoms with Crippen molar-refractivity contribution in [1.82, 2.24) is 0 Å². The van der Waals surface area contributed by atoms with Gasteiger partial charge >= 0.3 is 10.2 Å². The van der Waals surface area contributed by atoms with E-state index in [2.05, 4.69) is 15.3 Å². The number of aliphatic imine (C=N–C) groups is 2. The van der Waals surface area contributed by atoms with Gasteiger partial charge in [0.15, 0.2) is 0 Å². The molecule has 13 nitrogen and oxygen atoms in total. The molecule has 3 aromatic carbocycles. The van der Waals surface area contributed by atoms with Crippen molar-refractivity contribution in [2.45, 2.75) is 43.7 Å². The molecule has 0 radical (unpaired) electrons. The van der Waals surface area contributed by atoms with Crippen LogP contribution >= 0.6 is 0 Å². The maximum Gasteiger partial charge on any atom is 0.332 e. The van der Waals surface area contributed by atoms with Gasteiger partial charge < -0.3 is 21.5 Å². The number of hydrogen-bond donors (Lipinski definition) is 4. The van der Waals surface area contributed by atoms with Crippen molar-refractivity contribution in [3.05, 3.63) is 83.9 Å². The lowest BCUT2D eigenvalue weighted by atomic mass is 9.90. The molecule has 6 N–H and O–H groups in total. The number of carbonyl (C=O) groups is 1. The van der Waals surface area contributed by atoms with Crippen molar-refractivity contribution in [3.8, 4) is 5.75 Å². The number of guanidine groups is 2. The van der Waals surface area contributed by atoms with Crippen LogP contribution in [0.25, 0.3) is 0 Å². The van der Waals surface area contributed by atoms with E-state index in [1.165, 1.54) is 19.1 Å². The maximum atomic E-state index is 13.5. The quantitative estimate of drug-likeness (QED) is 0.194. The Hall–Kier alpha value is -4.54. The number of benzene rings is 3. The smallest absolute Gasteiger partial charge is 0.332 e. The first kappa shape index (κ1) is 34.9. The normalized spacial score (nSPS) is 15.1. The molecule has 1 heterocycles. The molecule has 1 atom stereocenters. The van der Waals surface area contributed by atoms with Crippen molar-refractivity contribution in [3.63, 3.8) is 0 Å². The first-order valence-corrected chi connectivity index (χ1v) is 16.5. The summed E-state index contributed by atoms with van der Waals surface area (Å²) in [7, 11) is -6.96. The predicted molar refractivity (Wildman–Crippen MR) is 171 cm³/mol. The average Bonchev–Trinajstić information content (AvgIpc) is 2.95. The highest BCUT2D eigenvalue weighted by Gasteiger charge is 2.33. The van der Waals surface area contributed by atoms with Crippen LogP contribution in [0.4, 0.5) is 15.3 Å². The lowest BCUT2D eigenvalue weighted by Gasteiger charge is -2.38. The highest BCUT2D eigenvalue weighted by atomic mass is 32.3. The van der Waals surface area contributed by atoms with Gasteiger partial charge in [-0.15, -0.1) is 3.89 Å². The van der Waals surface area contributed by atoms with Gasteiger partial charge in [0, 0.05) is 11.4 Å². The average molecular weight is 663 g/mol. The number of anilines is 2. The molecule has 45 heavy (non-hydrogen) atoms. The fourth-order valence-electron chi connectivity index (χ4n) is 4.42. The summed E-state index contributed by atoms with van der Waals surface area (Å²) in [5.41, 5.74) is 13.9. The van der Waals surface area contributed by atoms with Crippen LogP contribution in [0.2, 0.25) is 0 Å². The Morgan fingerprint density at radius 2 is 1.64 bits per heavy atom. The standard InChI is InChI=1S/C27H29FN6O4S.C2H6O3S/c1-27(2)33-25(29)32-26(30)34(27)20-11-7-17(8-12-20)15-23(18-5-4-6-21(16-18)38-3)24(35)31-19-9-13-22(14-10-19)39(28,36)37;1-2-6(3,4)5/h4-14,16,23H,15H2,1-3H3,(H,31,35)(H4,29,30,32,33);2H2,1H3,(H,3,4,5). The van der Waals surface area contributed by atoms with Gasteiger partial charge in [-0.1, -0.05) is 24.3 Å². The Kier molecular flexibility index (Phi) is 10.9. The van der Waals surface area contributed by atoms with Crippen molar-refractivity contribution in [2.24, 2.45) is 21.5 Å². The van der Waals surface area contributed by atoms with Crippen LogP contribution in [-0.4, -0.2) is 57.7 Å². The van der Waals surface area contributed by atoms with Crippen molar-refractivity contribution >= 4 is 49.5 Å². The fraction of sp³-hybridized carbons (Fsp3) is 0.276. The van der Waals surface area contributed by atoms with Crippen LogP contribution in [0.3, 0.4) is 0 Å². The highest BCUT2D eigenvalue weighted by molar-refractivity contribution is 7.86. The van der Waals surface area contributed by atoms with Crippen LogP contribution in [0, 0.1) is 0 Å². The van der Waals surface area contributed by atoms with Crippen LogP contribution in [0.15, 0.2) is 87.7 Å². The number of hydrogen-bond acceptors (Lipinski definition) is 11. The number of nitrogens with one attached hydrogen (secondary N) is 1. The largest absolute Gasteiger partial charge is 0.497 e. The Morgan fingerprint density at radius 3 is 2.16 bits per heavy atom. The first-order chi connectivity index (χ1) is 20.9. The zero-order valence-electron chi connectivity index (χ0n) is 25.0. The molecule has 1 amide bonds. The number of amides is 1. The second-order valence-corrected chi connectivity index (χ2v) is 13.4. The molecule has 0 bridgehead atoms. The summed E-state index contributed by atoms with van der Waals surface area (Å²) >= 11 is 0.